The molecule has 0 N–H and O–H groups in total. The van der Waals surface area contributed by atoms with Crippen LogP contribution in [0.4, 0.5) is 0 Å². The summed E-state index contributed by atoms with van der Waals surface area (Å²) >= 11 is 0. The Morgan fingerprint density at radius 3 is 1.76 bits per heavy atom. The van der Waals surface area contributed by atoms with Gasteiger partial charge in [-0.25, -0.2) is 4.79 Å². The largest absolute Gasteiger partial charge is 0.489 e. The SMILES string of the molecule is CCCCCc1cc(OCc2ccccc2)cc(OCc2ccccc2)c1C(=O)OCc1ccccc1. The number of carbonyl (C=O) groups is 1. The molecule has 0 aliphatic rings. The van der Waals surface area contributed by atoms with E-state index in [2.05, 4.69) is 6.92 Å². The predicted octanol–water partition coefficient (Wildman–Crippen LogP) is 7.93. The Morgan fingerprint density at radius 1 is 0.649 bits per heavy atom. The van der Waals surface area contributed by atoms with E-state index in [0.717, 1.165) is 47.9 Å². The van der Waals surface area contributed by atoms with Crippen molar-refractivity contribution in [3.05, 3.63) is 131 Å². The van der Waals surface area contributed by atoms with Crippen LogP contribution < -0.4 is 9.47 Å². The lowest BCUT2D eigenvalue weighted by molar-refractivity contribution is 0.0466. The number of carbonyl (C=O) groups excluding carboxylic acids is 1. The van der Waals surface area contributed by atoms with Gasteiger partial charge in [-0.15, -0.1) is 0 Å². The summed E-state index contributed by atoms with van der Waals surface area (Å²) in [6.45, 7) is 3.16. The predicted molar refractivity (Wildman–Crippen MR) is 147 cm³/mol. The molecular formula is C33H34O4. The summed E-state index contributed by atoms with van der Waals surface area (Å²) in [4.78, 5) is 13.5. The number of hydrogen-bond donors (Lipinski definition) is 0. The highest BCUT2D eigenvalue weighted by Gasteiger charge is 2.22. The zero-order valence-electron chi connectivity index (χ0n) is 21.4. The Balaban J connectivity index is 1.63. The van der Waals surface area contributed by atoms with E-state index in [1.54, 1.807) is 0 Å². The third kappa shape index (κ3) is 7.97. The van der Waals surface area contributed by atoms with Crippen molar-refractivity contribution in [1.82, 2.24) is 0 Å². The first kappa shape index (κ1) is 26.0. The fourth-order valence-electron chi connectivity index (χ4n) is 4.11. The summed E-state index contributed by atoms with van der Waals surface area (Å²) in [5, 5.41) is 0. The van der Waals surface area contributed by atoms with Crippen LogP contribution in [0.3, 0.4) is 0 Å². The topological polar surface area (TPSA) is 44.8 Å². The summed E-state index contributed by atoms with van der Waals surface area (Å²) in [6, 6.07) is 33.5. The standard InChI is InChI=1S/C33H34O4/c1-2-3-7-20-29-21-30(35-23-26-14-8-4-9-15-26)22-31(36-24-27-16-10-5-11-17-27)32(29)33(34)37-25-28-18-12-6-13-19-28/h4-6,8-19,21-22H,2-3,7,20,23-25H2,1H3. The molecule has 0 heterocycles. The molecule has 0 atom stereocenters. The number of rotatable bonds is 13. The smallest absolute Gasteiger partial charge is 0.342 e. The van der Waals surface area contributed by atoms with Gasteiger partial charge in [0.05, 0.1) is 0 Å². The molecule has 4 nitrogen and oxygen atoms in total. The van der Waals surface area contributed by atoms with Gasteiger partial charge in [0, 0.05) is 6.07 Å². The highest BCUT2D eigenvalue weighted by atomic mass is 16.5. The van der Waals surface area contributed by atoms with Gasteiger partial charge in [-0.1, -0.05) is 111 Å². The number of esters is 1. The van der Waals surface area contributed by atoms with Crippen LogP contribution in [0.25, 0.3) is 0 Å². The molecule has 4 aromatic rings. The Labute approximate surface area is 219 Å². The normalized spacial score (nSPS) is 10.6. The third-order valence-electron chi connectivity index (χ3n) is 6.11. The Bertz CT molecular complexity index is 1240. The Kier molecular flexibility index (Phi) is 9.77. The Morgan fingerprint density at radius 2 is 1.19 bits per heavy atom. The van der Waals surface area contributed by atoms with Gasteiger partial charge in [0.1, 0.15) is 36.9 Å². The van der Waals surface area contributed by atoms with Crippen LogP contribution in [0, 0.1) is 0 Å². The van der Waals surface area contributed by atoms with Crippen LogP contribution in [-0.4, -0.2) is 5.97 Å². The van der Waals surface area contributed by atoms with E-state index >= 15 is 0 Å². The van der Waals surface area contributed by atoms with Gasteiger partial charge in [-0.2, -0.15) is 0 Å². The molecule has 0 spiro atoms. The van der Waals surface area contributed by atoms with Gasteiger partial charge in [0.25, 0.3) is 0 Å². The number of aryl methyl sites for hydroxylation is 1. The van der Waals surface area contributed by atoms with E-state index in [1.165, 1.54) is 0 Å². The molecule has 0 aliphatic heterocycles. The van der Waals surface area contributed by atoms with Crippen LogP contribution in [0.5, 0.6) is 11.5 Å². The second-order valence-electron chi connectivity index (χ2n) is 9.02. The first-order valence-corrected chi connectivity index (χ1v) is 12.9. The van der Waals surface area contributed by atoms with Crippen molar-refractivity contribution in [1.29, 1.82) is 0 Å². The maximum Gasteiger partial charge on any atom is 0.342 e. The van der Waals surface area contributed by atoms with Gasteiger partial charge in [0.2, 0.25) is 0 Å². The summed E-state index contributed by atoms with van der Waals surface area (Å²) in [5.74, 6) is 0.782. The summed E-state index contributed by atoms with van der Waals surface area (Å²) in [6.07, 6.45) is 3.88. The van der Waals surface area contributed by atoms with Crippen LogP contribution in [-0.2, 0) is 31.0 Å². The summed E-state index contributed by atoms with van der Waals surface area (Å²) in [5.41, 5.74) is 4.41. The van der Waals surface area contributed by atoms with Crippen molar-refractivity contribution < 1.29 is 19.0 Å². The summed E-state index contributed by atoms with van der Waals surface area (Å²) < 4.78 is 18.2. The molecule has 0 aliphatic carbocycles. The first-order chi connectivity index (χ1) is 18.2. The zero-order chi connectivity index (χ0) is 25.7. The van der Waals surface area contributed by atoms with Crippen molar-refractivity contribution in [3.8, 4) is 11.5 Å². The lowest BCUT2D eigenvalue weighted by Gasteiger charge is -2.18. The van der Waals surface area contributed by atoms with Gasteiger partial charge >= 0.3 is 5.97 Å². The molecule has 0 radical (unpaired) electrons. The molecule has 4 aromatic carbocycles. The van der Waals surface area contributed by atoms with E-state index in [9.17, 15) is 4.79 Å². The maximum atomic E-state index is 13.5. The van der Waals surface area contributed by atoms with Crippen molar-refractivity contribution in [2.24, 2.45) is 0 Å². The van der Waals surface area contributed by atoms with Crippen LogP contribution >= 0.6 is 0 Å². The molecule has 37 heavy (non-hydrogen) atoms. The molecule has 4 heteroatoms. The van der Waals surface area contributed by atoms with E-state index in [1.807, 2.05) is 103 Å². The summed E-state index contributed by atoms with van der Waals surface area (Å²) in [7, 11) is 0. The van der Waals surface area contributed by atoms with E-state index < -0.39 is 0 Å². The lowest BCUT2D eigenvalue weighted by Crippen LogP contribution is -2.12. The van der Waals surface area contributed by atoms with E-state index in [-0.39, 0.29) is 12.6 Å². The minimum absolute atomic E-state index is 0.207. The molecule has 0 bridgehead atoms. The molecular weight excluding hydrogens is 460 g/mol. The molecule has 0 saturated heterocycles. The molecule has 0 unspecified atom stereocenters. The van der Waals surface area contributed by atoms with Crippen molar-refractivity contribution in [2.45, 2.75) is 52.4 Å². The number of hydrogen-bond acceptors (Lipinski definition) is 4. The van der Waals surface area contributed by atoms with Crippen LogP contribution in [0.2, 0.25) is 0 Å². The molecule has 0 amide bonds. The van der Waals surface area contributed by atoms with Crippen LogP contribution in [0.1, 0.15) is 58.8 Å². The van der Waals surface area contributed by atoms with Gasteiger partial charge in [-0.05, 0) is 41.2 Å². The monoisotopic (exact) mass is 494 g/mol. The Hall–Kier alpha value is -4.05. The number of benzene rings is 4. The van der Waals surface area contributed by atoms with Crippen molar-refractivity contribution in [3.63, 3.8) is 0 Å². The average molecular weight is 495 g/mol. The average Bonchev–Trinajstić information content (AvgIpc) is 2.95. The van der Waals surface area contributed by atoms with E-state index in [4.69, 9.17) is 14.2 Å². The van der Waals surface area contributed by atoms with Gasteiger partial charge in [-0.3, -0.25) is 0 Å². The first-order valence-electron chi connectivity index (χ1n) is 12.9. The van der Waals surface area contributed by atoms with Gasteiger partial charge in [0.15, 0.2) is 0 Å². The fourth-order valence-corrected chi connectivity index (χ4v) is 4.11. The third-order valence-corrected chi connectivity index (χ3v) is 6.11. The highest BCUT2D eigenvalue weighted by Crippen LogP contribution is 2.32. The zero-order valence-corrected chi connectivity index (χ0v) is 21.4. The minimum Gasteiger partial charge on any atom is -0.489 e. The van der Waals surface area contributed by atoms with Gasteiger partial charge < -0.3 is 14.2 Å². The lowest BCUT2D eigenvalue weighted by atomic mass is 9.99. The molecule has 0 aromatic heterocycles. The minimum atomic E-state index is -0.381. The van der Waals surface area contributed by atoms with Crippen LogP contribution in [0.15, 0.2) is 103 Å². The van der Waals surface area contributed by atoms with E-state index in [0.29, 0.717) is 30.3 Å². The second-order valence-corrected chi connectivity index (χ2v) is 9.02. The number of ether oxygens (including phenoxy) is 3. The maximum absolute atomic E-state index is 13.5. The molecule has 0 fully saturated rings. The molecule has 4 rings (SSSR count). The molecule has 0 saturated carbocycles. The second kappa shape index (κ2) is 13.9. The van der Waals surface area contributed by atoms with Crippen molar-refractivity contribution >= 4 is 5.97 Å². The van der Waals surface area contributed by atoms with Crippen molar-refractivity contribution in [2.75, 3.05) is 0 Å². The number of unbranched alkanes of at least 4 members (excludes halogenated alkanes) is 2. The highest BCUT2D eigenvalue weighted by molar-refractivity contribution is 5.94. The fraction of sp³-hybridized carbons (Fsp3) is 0.242. The quantitative estimate of drug-likeness (QED) is 0.140. The molecule has 190 valence electrons.